The number of pyridine rings is 1. The molecule has 2 aromatic heterocycles. The van der Waals surface area contributed by atoms with Gasteiger partial charge in [0.25, 0.3) is 0 Å². The molecular formula is C28H29ClN4O3. The lowest BCUT2D eigenvalue weighted by Gasteiger charge is -2.70. The fourth-order valence-electron chi connectivity index (χ4n) is 7.35. The van der Waals surface area contributed by atoms with Crippen LogP contribution in [0, 0.1) is 17.8 Å². The Hall–Kier alpha value is -2.90. The van der Waals surface area contributed by atoms with E-state index >= 15 is 0 Å². The molecule has 0 aliphatic heterocycles. The molecule has 0 spiro atoms. The van der Waals surface area contributed by atoms with E-state index in [1.165, 1.54) is 0 Å². The van der Waals surface area contributed by atoms with E-state index in [2.05, 4.69) is 16.4 Å². The van der Waals surface area contributed by atoms with E-state index in [0.717, 1.165) is 66.8 Å². The van der Waals surface area contributed by atoms with E-state index in [9.17, 15) is 0 Å². The third kappa shape index (κ3) is 3.40. The number of amidine groups is 1. The molecule has 1 aromatic carbocycles. The SMILES string of the molecule is N/C(=N\O)c1ccc(C23C[C@H]4C[C@@H](OCc5c(-c6ccccc6Cl)noc5C5CC5)C[C@@H](C2)C43)nc1. The Labute approximate surface area is 214 Å². The van der Waals surface area contributed by atoms with E-state index in [0.29, 0.717) is 40.9 Å². The highest BCUT2D eigenvalue weighted by Gasteiger charge is 2.68. The first kappa shape index (κ1) is 22.3. The Morgan fingerprint density at radius 1 is 1.17 bits per heavy atom. The lowest BCUT2D eigenvalue weighted by Crippen LogP contribution is -2.67. The number of nitrogens with two attached hydrogens (primary N) is 1. The van der Waals surface area contributed by atoms with Crippen LogP contribution >= 0.6 is 11.6 Å². The van der Waals surface area contributed by atoms with E-state index in [1.54, 1.807) is 6.20 Å². The lowest BCUT2D eigenvalue weighted by atomic mass is 9.34. The Balaban J connectivity index is 1.04. The summed E-state index contributed by atoms with van der Waals surface area (Å²) in [5, 5.41) is 17.1. The molecule has 4 aliphatic carbocycles. The van der Waals surface area contributed by atoms with E-state index in [1.807, 2.05) is 30.3 Å². The second-order valence-electron chi connectivity index (χ2n) is 11.1. The van der Waals surface area contributed by atoms with Gasteiger partial charge in [0.15, 0.2) is 5.84 Å². The third-order valence-electron chi connectivity index (χ3n) is 9.07. The van der Waals surface area contributed by atoms with Gasteiger partial charge in [-0.15, -0.1) is 0 Å². The maximum atomic E-state index is 8.91. The van der Waals surface area contributed by atoms with E-state index < -0.39 is 0 Å². The highest BCUT2D eigenvalue weighted by Crippen LogP contribution is 2.71. The molecule has 4 fully saturated rings. The smallest absolute Gasteiger partial charge is 0.171 e. The predicted molar refractivity (Wildman–Crippen MR) is 135 cm³/mol. The molecule has 4 saturated carbocycles. The van der Waals surface area contributed by atoms with Crippen LogP contribution in [0.2, 0.25) is 5.02 Å². The summed E-state index contributed by atoms with van der Waals surface area (Å²) in [4.78, 5) is 4.71. The Morgan fingerprint density at radius 2 is 1.94 bits per heavy atom. The standard InChI is InChI=1S/C28H29ClN4O3/c29-22-4-2-1-3-20(22)25-21(26(36-33-25)15-5-6-15)14-35-19-9-17-11-28(12-18(10-19)24(17)28)23-8-7-16(13-31-23)27(30)32-34/h1-4,7-8,13,15,17-19,24,34H,5-6,9-12,14H2,(H2,30,32)/t17-,18+,19-,24?,28?. The molecule has 0 amide bonds. The summed E-state index contributed by atoms with van der Waals surface area (Å²) in [5.74, 6) is 3.59. The minimum absolute atomic E-state index is 0.0949. The first-order chi connectivity index (χ1) is 17.6. The second-order valence-corrected chi connectivity index (χ2v) is 11.5. The van der Waals surface area contributed by atoms with Gasteiger partial charge >= 0.3 is 0 Å². The Kier molecular flexibility index (Phi) is 5.15. The first-order valence-corrected chi connectivity index (χ1v) is 13.2. The molecule has 3 N–H and O–H groups in total. The molecule has 3 aromatic rings. The largest absolute Gasteiger partial charge is 0.409 e. The van der Waals surface area contributed by atoms with Crippen molar-refractivity contribution >= 4 is 17.4 Å². The number of aromatic nitrogens is 2. The average molecular weight is 505 g/mol. The first-order valence-electron chi connectivity index (χ1n) is 12.9. The van der Waals surface area contributed by atoms with Gasteiger partial charge in [-0.1, -0.05) is 40.1 Å². The summed E-state index contributed by atoms with van der Waals surface area (Å²) < 4.78 is 12.4. The molecule has 4 aliphatic rings. The number of halogens is 1. The fourth-order valence-corrected chi connectivity index (χ4v) is 7.58. The summed E-state index contributed by atoms with van der Waals surface area (Å²) in [7, 11) is 0. The molecule has 2 unspecified atom stereocenters. The summed E-state index contributed by atoms with van der Waals surface area (Å²) in [6.07, 6.45) is 8.79. The molecule has 186 valence electrons. The van der Waals surface area contributed by atoms with Gasteiger partial charge < -0.3 is 20.2 Å². The molecule has 0 radical (unpaired) electrons. The monoisotopic (exact) mass is 504 g/mol. The van der Waals surface area contributed by atoms with Crippen molar-refractivity contribution in [3.05, 3.63) is 70.2 Å². The molecule has 0 bridgehead atoms. The summed E-state index contributed by atoms with van der Waals surface area (Å²) in [6.45, 7) is 0.520. The van der Waals surface area contributed by atoms with Crippen molar-refractivity contribution in [3.8, 4) is 11.3 Å². The van der Waals surface area contributed by atoms with Gasteiger partial charge in [-0.25, -0.2) is 0 Å². The van der Waals surface area contributed by atoms with Gasteiger partial charge in [0.05, 0.1) is 17.7 Å². The van der Waals surface area contributed by atoms with Gasteiger partial charge in [-0.3, -0.25) is 4.98 Å². The van der Waals surface area contributed by atoms with Crippen LogP contribution in [-0.4, -0.2) is 27.3 Å². The number of ether oxygens (including phenoxy) is 1. The molecule has 7 rings (SSSR count). The van der Waals surface area contributed by atoms with Crippen LogP contribution in [0.25, 0.3) is 11.3 Å². The Morgan fingerprint density at radius 3 is 2.61 bits per heavy atom. The van der Waals surface area contributed by atoms with Gasteiger partial charge in [-0.2, -0.15) is 0 Å². The number of oxime groups is 1. The maximum absolute atomic E-state index is 8.91. The number of nitrogens with zero attached hydrogens (tertiary/aromatic N) is 3. The van der Waals surface area contributed by atoms with Crippen LogP contribution < -0.4 is 5.73 Å². The van der Waals surface area contributed by atoms with Crippen molar-refractivity contribution in [3.63, 3.8) is 0 Å². The zero-order chi connectivity index (χ0) is 24.4. The second kappa shape index (κ2) is 8.32. The van der Waals surface area contributed by atoms with Crippen LogP contribution in [0.4, 0.5) is 0 Å². The molecule has 2 heterocycles. The molecule has 5 atom stereocenters. The third-order valence-corrected chi connectivity index (χ3v) is 9.40. The molecule has 0 saturated heterocycles. The number of hydrogen-bond acceptors (Lipinski definition) is 6. The van der Waals surface area contributed by atoms with Gasteiger partial charge in [0.1, 0.15) is 11.5 Å². The van der Waals surface area contributed by atoms with Crippen molar-refractivity contribution in [1.82, 2.24) is 10.1 Å². The highest BCUT2D eigenvalue weighted by atomic mass is 35.5. The molecular weight excluding hydrogens is 476 g/mol. The topological polar surface area (TPSA) is 107 Å². The van der Waals surface area contributed by atoms with Crippen molar-refractivity contribution in [2.75, 3.05) is 0 Å². The van der Waals surface area contributed by atoms with Crippen LogP contribution in [-0.2, 0) is 16.8 Å². The molecule has 8 heteroatoms. The summed E-state index contributed by atoms with van der Waals surface area (Å²) in [6, 6.07) is 11.8. The molecule has 7 nitrogen and oxygen atoms in total. The number of benzene rings is 1. The van der Waals surface area contributed by atoms with E-state index in [4.69, 9.17) is 36.8 Å². The minimum atomic E-state index is 0.0949. The predicted octanol–water partition coefficient (Wildman–Crippen LogP) is 5.63. The highest BCUT2D eigenvalue weighted by molar-refractivity contribution is 6.33. The lowest BCUT2D eigenvalue weighted by molar-refractivity contribution is -0.190. The molecule has 36 heavy (non-hydrogen) atoms. The van der Waals surface area contributed by atoms with Crippen molar-refractivity contribution in [2.45, 2.75) is 62.6 Å². The van der Waals surface area contributed by atoms with Gasteiger partial charge in [0.2, 0.25) is 0 Å². The van der Waals surface area contributed by atoms with Crippen LogP contribution in [0.3, 0.4) is 0 Å². The maximum Gasteiger partial charge on any atom is 0.171 e. The average Bonchev–Trinajstić information content (AvgIpc) is 3.63. The van der Waals surface area contributed by atoms with Crippen molar-refractivity contribution in [1.29, 1.82) is 0 Å². The zero-order valence-corrected chi connectivity index (χ0v) is 20.7. The summed E-state index contributed by atoms with van der Waals surface area (Å²) >= 11 is 6.50. The quantitative estimate of drug-likeness (QED) is 0.187. The van der Waals surface area contributed by atoms with E-state index in [-0.39, 0.29) is 17.4 Å². The number of rotatable bonds is 7. The van der Waals surface area contributed by atoms with Gasteiger partial charge in [-0.05, 0) is 74.5 Å². The normalized spacial score (nSPS) is 30.9. The van der Waals surface area contributed by atoms with Crippen molar-refractivity contribution < 1.29 is 14.5 Å². The fraction of sp³-hybridized carbons (Fsp3) is 0.464. The van der Waals surface area contributed by atoms with Crippen molar-refractivity contribution in [2.24, 2.45) is 28.6 Å². The van der Waals surface area contributed by atoms with Crippen LogP contribution in [0.5, 0.6) is 0 Å². The summed E-state index contributed by atoms with van der Waals surface area (Å²) in [5.41, 5.74) is 10.5. The van der Waals surface area contributed by atoms with Crippen LogP contribution in [0.1, 0.15) is 67.0 Å². The minimum Gasteiger partial charge on any atom is -0.409 e. The van der Waals surface area contributed by atoms with Gasteiger partial charge in [0, 0.05) is 39.9 Å². The number of hydrogen-bond donors (Lipinski definition) is 2. The Bertz CT molecular complexity index is 1320. The zero-order valence-electron chi connectivity index (χ0n) is 19.9. The van der Waals surface area contributed by atoms with Crippen LogP contribution in [0.15, 0.2) is 52.3 Å².